The molecular formula is C11H11BrF5NO. The third-order valence-corrected chi connectivity index (χ3v) is 3.13. The van der Waals surface area contributed by atoms with Gasteiger partial charge >= 0.3 is 6.18 Å². The maximum Gasteiger partial charge on any atom is 0.414 e. The van der Waals surface area contributed by atoms with Crippen molar-refractivity contribution in [2.24, 2.45) is 5.73 Å². The van der Waals surface area contributed by atoms with Gasteiger partial charge in [-0.25, -0.2) is 8.78 Å². The number of hydrogen-bond acceptors (Lipinski definition) is 2. The van der Waals surface area contributed by atoms with Crippen molar-refractivity contribution in [1.29, 1.82) is 0 Å². The van der Waals surface area contributed by atoms with Gasteiger partial charge in [0.05, 0.1) is 5.54 Å². The molecule has 1 aromatic carbocycles. The predicted molar refractivity (Wildman–Crippen MR) is 62.6 cm³/mol. The summed E-state index contributed by atoms with van der Waals surface area (Å²) in [6, 6.07) is 3.35. The second-order valence-corrected chi connectivity index (χ2v) is 5.09. The van der Waals surface area contributed by atoms with E-state index in [4.69, 9.17) is 10.8 Å². The standard InChI is InChI=1S/C11H11BrF5NO/c12-6-1-2-8(14)7(3-6)10(18,5-13)4-9(19)11(15,16)17/h1-3,9,19H,4-5,18H2/t9-,10+/m0/s1. The normalized spacial score (nSPS) is 17.1. The fourth-order valence-corrected chi connectivity index (χ4v) is 1.94. The van der Waals surface area contributed by atoms with Crippen LogP contribution in [-0.2, 0) is 5.54 Å². The highest BCUT2D eigenvalue weighted by Crippen LogP contribution is 2.33. The molecule has 0 aliphatic rings. The van der Waals surface area contributed by atoms with Crippen molar-refractivity contribution in [3.8, 4) is 0 Å². The summed E-state index contributed by atoms with van der Waals surface area (Å²) in [6.45, 7) is -1.44. The lowest BCUT2D eigenvalue weighted by Gasteiger charge is -2.30. The highest BCUT2D eigenvalue weighted by atomic mass is 79.9. The van der Waals surface area contributed by atoms with E-state index in [2.05, 4.69) is 15.9 Å². The smallest absolute Gasteiger partial charge is 0.384 e. The SMILES string of the molecule is N[C@@](CF)(C[C@H](O)C(F)(F)F)c1cc(Br)ccc1F. The third kappa shape index (κ3) is 3.87. The summed E-state index contributed by atoms with van der Waals surface area (Å²) in [5, 5.41) is 8.97. The zero-order valence-corrected chi connectivity index (χ0v) is 11.1. The highest BCUT2D eigenvalue weighted by Gasteiger charge is 2.44. The minimum absolute atomic E-state index is 0.341. The van der Waals surface area contributed by atoms with Crippen LogP contribution in [0.3, 0.4) is 0 Å². The molecule has 0 saturated heterocycles. The van der Waals surface area contributed by atoms with Crippen molar-refractivity contribution in [3.05, 3.63) is 34.1 Å². The maximum absolute atomic E-state index is 13.6. The Bertz CT molecular complexity index is 453. The first-order chi connectivity index (χ1) is 8.60. The molecule has 0 bridgehead atoms. The summed E-state index contributed by atoms with van der Waals surface area (Å²) in [6.07, 6.45) is -8.94. The van der Waals surface area contributed by atoms with Crippen LogP contribution in [0.2, 0.25) is 0 Å². The van der Waals surface area contributed by atoms with Gasteiger partial charge in [-0.05, 0) is 18.2 Å². The molecule has 0 unspecified atom stereocenters. The average molecular weight is 348 g/mol. The lowest BCUT2D eigenvalue weighted by atomic mass is 9.86. The largest absolute Gasteiger partial charge is 0.414 e. The summed E-state index contributed by atoms with van der Waals surface area (Å²) in [7, 11) is 0. The quantitative estimate of drug-likeness (QED) is 0.822. The molecule has 2 atom stereocenters. The average Bonchev–Trinajstić information content (AvgIpc) is 2.30. The van der Waals surface area contributed by atoms with Gasteiger partial charge in [0.2, 0.25) is 0 Å². The van der Waals surface area contributed by atoms with Crippen molar-refractivity contribution >= 4 is 15.9 Å². The first-order valence-corrected chi connectivity index (χ1v) is 5.94. The van der Waals surface area contributed by atoms with Gasteiger partial charge in [0.15, 0.2) is 6.10 Å². The highest BCUT2D eigenvalue weighted by molar-refractivity contribution is 9.10. The first kappa shape index (κ1) is 16.3. The van der Waals surface area contributed by atoms with Crippen LogP contribution in [-0.4, -0.2) is 24.1 Å². The van der Waals surface area contributed by atoms with Crippen LogP contribution < -0.4 is 5.73 Å². The molecule has 108 valence electrons. The van der Waals surface area contributed by atoms with Gasteiger partial charge in [0, 0.05) is 16.5 Å². The molecule has 0 amide bonds. The minimum atomic E-state index is -4.94. The molecule has 0 fully saturated rings. The molecule has 8 heteroatoms. The van der Waals surface area contributed by atoms with Gasteiger partial charge in [-0.1, -0.05) is 15.9 Å². The molecule has 3 N–H and O–H groups in total. The molecule has 19 heavy (non-hydrogen) atoms. The fourth-order valence-electron chi connectivity index (χ4n) is 1.58. The van der Waals surface area contributed by atoms with Gasteiger partial charge in [0.1, 0.15) is 12.5 Å². The molecule has 0 aromatic heterocycles. The van der Waals surface area contributed by atoms with Crippen LogP contribution in [0.1, 0.15) is 12.0 Å². The van der Waals surface area contributed by atoms with E-state index in [1.807, 2.05) is 0 Å². The molecule has 0 aliphatic heterocycles. The number of aliphatic hydroxyl groups excluding tert-OH is 1. The zero-order valence-electron chi connectivity index (χ0n) is 9.52. The Morgan fingerprint density at radius 1 is 1.32 bits per heavy atom. The molecule has 0 saturated carbocycles. The van der Waals surface area contributed by atoms with Crippen LogP contribution in [0.4, 0.5) is 22.0 Å². The summed E-state index contributed by atoms with van der Waals surface area (Å²) < 4.78 is 63.8. The van der Waals surface area contributed by atoms with E-state index in [0.29, 0.717) is 4.47 Å². The monoisotopic (exact) mass is 347 g/mol. The number of alkyl halides is 4. The van der Waals surface area contributed by atoms with Crippen LogP contribution in [0.25, 0.3) is 0 Å². The Kier molecular flexibility index (Phi) is 4.91. The molecule has 1 aromatic rings. The van der Waals surface area contributed by atoms with E-state index < -0.39 is 42.3 Å². The van der Waals surface area contributed by atoms with E-state index in [1.165, 1.54) is 6.07 Å². The Morgan fingerprint density at radius 3 is 2.37 bits per heavy atom. The number of hydrogen-bond donors (Lipinski definition) is 2. The lowest BCUT2D eigenvalue weighted by molar-refractivity contribution is -0.210. The number of nitrogens with two attached hydrogens (primary N) is 1. The Morgan fingerprint density at radius 2 is 1.89 bits per heavy atom. The van der Waals surface area contributed by atoms with Gasteiger partial charge in [-0.3, -0.25) is 0 Å². The van der Waals surface area contributed by atoms with Crippen molar-refractivity contribution < 1.29 is 27.1 Å². The summed E-state index contributed by atoms with van der Waals surface area (Å²) in [5.41, 5.74) is 2.82. The van der Waals surface area contributed by atoms with Crippen molar-refractivity contribution in [2.45, 2.75) is 24.2 Å². The number of benzene rings is 1. The Balaban J connectivity index is 3.13. The maximum atomic E-state index is 13.6. The van der Waals surface area contributed by atoms with Crippen LogP contribution >= 0.6 is 15.9 Å². The van der Waals surface area contributed by atoms with E-state index in [0.717, 1.165) is 12.1 Å². The van der Waals surface area contributed by atoms with E-state index in [9.17, 15) is 22.0 Å². The van der Waals surface area contributed by atoms with Crippen LogP contribution in [0.5, 0.6) is 0 Å². The van der Waals surface area contributed by atoms with E-state index in [1.54, 1.807) is 0 Å². The van der Waals surface area contributed by atoms with Crippen molar-refractivity contribution in [3.63, 3.8) is 0 Å². The Labute approximate surface area is 114 Å². The molecule has 0 aliphatic carbocycles. The van der Waals surface area contributed by atoms with Gasteiger partial charge in [-0.2, -0.15) is 13.2 Å². The van der Waals surface area contributed by atoms with Crippen molar-refractivity contribution in [2.75, 3.05) is 6.67 Å². The number of aliphatic hydroxyl groups is 1. The number of rotatable bonds is 4. The molecule has 2 nitrogen and oxygen atoms in total. The number of halogens is 6. The van der Waals surface area contributed by atoms with E-state index >= 15 is 0 Å². The second-order valence-electron chi connectivity index (χ2n) is 4.18. The van der Waals surface area contributed by atoms with Gasteiger partial charge in [-0.15, -0.1) is 0 Å². The fraction of sp³-hybridized carbons (Fsp3) is 0.455. The minimum Gasteiger partial charge on any atom is -0.384 e. The summed E-state index contributed by atoms with van der Waals surface area (Å²) in [5.74, 6) is -0.933. The van der Waals surface area contributed by atoms with Crippen LogP contribution in [0.15, 0.2) is 22.7 Å². The second kappa shape index (κ2) is 5.72. The summed E-state index contributed by atoms with van der Waals surface area (Å²) >= 11 is 2.99. The molecule has 0 heterocycles. The van der Waals surface area contributed by atoms with E-state index in [-0.39, 0.29) is 0 Å². The lowest BCUT2D eigenvalue weighted by Crippen LogP contribution is -2.46. The molecule has 1 rings (SSSR count). The van der Waals surface area contributed by atoms with Crippen molar-refractivity contribution in [1.82, 2.24) is 0 Å². The molecular weight excluding hydrogens is 337 g/mol. The summed E-state index contributed by atoms with van der Waals surface area (Å²) in [4.78, 5) is 0. The third-order valence-electron chi connectivity index (χ3n) is 2.64. The topological polar surface area (TPSA) is 46.2 Å². The zero-order chi connectivity index (χ0) is 14.8. The van der Waals surface area contributed by atoms with Crippen LogP contribution in [0, 0.1) is 5.82 Å². The molecule has 0 radical (unpaired) electrons. The predicted octanol–water partition coefficient (Wildman–Crippen LogP) is 3.03. The van der Waals surface area contributed by atoms with Gasteiger partial charge in [0.25, 0.3) is 0 Å². The van der Waals surface area contributed by atoms with Gasteiger partial charge < -0.3 is 10.8 Å². The molecule has 0 spiro atoms. The first-order valence-electron chi connectivity index (χ1n) is 5.15. The Hall–Kier alpha value is -0.730.